The fourth-order valence-electron chi connectivity index (χ4n) is 1.27. The molecule has 0 bridgehead atoms. The van der Waals surface area contributed by atoms with E-state index < -0.39 is 0 Å². The lowest BCUT2D eigenvalue weighted by molar-refractivity contribution is 0.560. The van der Waals surface area contributed by atoms with E-state index in [9.17, 15) is 0 Å². The molecule has 0 amide bonds. The highest BCUT2D eigenvalue weighted by Gasteiger charge is 1.99. The normalized spacial score (nSPS) is 11.9. The van der Waals surface area contributed by atoms with Gasteiger partial charge in [0, 0.05) is 0 Å². The first-order valence-electron chi connectivity index (χ1n) is 4.78. The Balaban J connectivity index is 0.00000144. The molecule has 0 spiro atoms. The summed E-state index contributed by atoms with van der Waals surface area (Å²) in [4.78, 5) is 0. The van der Waals surface area contributed by atoms with Crippen LogP contribution in [0.15, 0.2) is 24.3 Å². The number of hydrogen-bond acceptors (Lipinski definition) is 1. The number of aryl methyl sites for hydroxylation is 1. The molecule has 1 aromatic carbocycles. The first-order valence-corrected chi connectivity index (χ1v) is 4.78. The van der Waals surface area contributed by atoms with Crippen molar-refractivity contribution in [1.82, 2.24) is 6.15 Å². The molecular weight excluding hydrogens is 158 g/mol. The maximum atomic E-state index is 2.31. The molecule has 1 atom stereocenters. The summed E-state index contributed by atoms with van der Waals surface area (Å²) in [6, 6.07) is 8.86. The second-order valence-corrected chi connectivity index (χ2v) is 3.70. The van der Waals surface area contributed by atoms with Gasteiger partial charge < -0.3 is 6.15 Å². The summed E-state index contributed by atoms with van der Waals surface area (Å²) in [7, 11) is 0. The van der Waals surface area contributed by atoms with Gasteiger partial charge in [-0.2, -0.15) is 0 Å². The van der Waals surface area contributed by atoms with E-state index in [0.29, 0.717) is 0 Å². The van der Waals surface area contributed by atoms with Crippen LogP contribution in [0.5, 0.6) is 0 Å². The maximum absolute atomic E-state index is 2.31. The van der Waals surface area contributed by atoms with Crippen LogP contribution in [0.4, 0.5) is 0 Å². The van der Waals surface area contributed by atoms with Crippen molar-refractivity contribution < 1.29 is 0 Å². The largest absolute Gasteiger partial charge is 0.344 e. The van der Waals surface area contributed by atoms with E-state index in [1.165, 1.54) is 24.0 Å². The molecule has 13 heavy (non-hydrogen) atoms. The summed E-state index contributed by atoms with van der Waals surface area (Å²) < 4.78 is 0. The number of benzene rings is 1. The van der Waals surface area contributed by atoms with Gasteiger partial charge in [-0.3, -0.25) is 0 Å². The topological polar surface area (TPSA) is 35.0 Å². The predicted molar refractivity (Wildman–Crippen MR) is 59.4 cm³/mol. The van der Waals surface area contributed by atoms with E-state index in [1.54, 1.807) is 0 Å². The van der Waals surface area contributed by atoms with Gasteiger partial charge in [-0.05, 0) is 24.8 Å². The fourth-order valence-corrected chi connectivity index (χ4v) is 1.27. The molecule has 0 aliphatic heterocycles. The molecule has 1 aromatic rings. The summed E-state index contributed by atoms with van der Waals surface area (Å²) in [6.45, 7) is 6.69. The number of rotatable bonds is 3. The Bertz CT molecular complexity index is 225. The van der Waals surface area contributed by atoms with Crippen LogP contribution < -0.4 is 6.15 Å². The van der Waals surface area contributed by atoms with Crippen LogP contribution in [0, 0.1) is 12.8 Å². The maximum Gasteiger partial charge on any atom is -0.0253 e. The zero-order chi connectivity index (χ0) is 8.97. The van der Waals surface area contributed by atoms with Gasteiger partial charge in [-0.25, -0.2) is 0 Å². The van der Waals surface area contributed by atoms with Crippen molar-refractivity contribution >= 4 is 0 Å². The van der Waals surface area contributed by atoms with E-state index in [-0.39, 0.29) is 6.15 Å². The molecule has 0 saturated carbocycles. The van der Waals surface area contributed by atoms with Crippen LogP contribution in [0.3, 0.4) is 0 Å². The highest BCUT2D eigenvalue weighted by atomic mass is 14.0. The van der Waals surface area contributed by atoms with E-state index in [1.807, 2.05) is 0 Å². The Hall–Kier alpha value is -0.820. The van der Waals surface area contributed by atoms with Gasteiger partial charge in [-0.1, -0.05) is 50.1 Å². The highest BCUT2D eigenvalue weighted by Crippen LogP contribution is 2.11. The molecule has 0 heterocycles. The second-order valence-electron chi connectivity index (χ2n) is 3.70. The van der Waals surface area contributed by atoms with Gasteiger partial charge in [0.05, 0.1) is 0 Å². The lowest BCUT2D eigenvalue weighted by atomic mass is 9.98. The van der Waals surface area contributed by atoms with Crippen molar-refractivity contribution in [3.8, 4) is 0 Å². The molecule has 1 rings (SSSR count). The van der Waals surface area contributed by atoms with E-state index in [4.69, 9.17) is 0 Å². The summed E-state index contributed by atoms with van der Waals surface area (Å²) in [6.07, 6.45) is 2.49. The summed E-state index contributed by atoms with van der Waals surface area (Å²) >= 11 is 0. The molecule has 0 aromatic heterocycles. The van der Waals surface area contributed by atoms with Gasteiger partial charge >= 0.3 is 0 Å². The van der Waals surface area contributed by atoms with E-state index in [2.05, 4.69) is 45.0 Å². The average Bonchev–Trinajstić information content (AvgIpc) is 2.09. The van der Waals surface area contributed by atoms with Gasteiger partial charge in [0.15, 0.2) is 0 Å². The Morgan fingerprint density at radius 3 is 2.15 bits per heavy atom. The third-order valence-corrected chi connectivity index (χ3v) is 2.40. The first kappa shape index (κ1) is 12.2. The first-order chi connectivity index (χ1) is 5.72. The second kappa shape index (κ2) is 5.76. The lowest BCUT2D eigenvalue weighted by Gasteiger charge is -2.07. The van der Waals surface area contributed by atoms with Crippen molar-refractivity contribution in [2.24, 2.45) is 5.92 Å². The molecule has 0 aliphatic rings. The van der Waals surface area contributed by atoms with E-state index in [0.717, 1.165) is 5.92 Å². The van der Waals surface area contributed by atoms with Crippen LogP contribution >= 0.6 is 0 Å². The molecule has 1 heteroatoms. The van der Waals surface area contributed by atoms with Crippen molar-refractivity contribution in [2.45, 2.75) is 33.6 Å². The standard InChI is InChI=1S/C12H18.H3N/c1-4-10(2)9-12-7-5-11(3)6-8-12;/h5-8,10H,4,9H2,1-3H3;1H3. The van der Waals surface area contributed by atoms with Gasteiger partial charge in [0.1, 0.15) is 0 Å². The monoisotopic (exact) mass is 179 g/mol. The van der Waals surface area contributed by atoms with Gasteiger partial charge in [-0.15, -0.1) is 0 Å². The van der Waals surface area contributed by atoms with Crippen LogP contribution in [-0.4, -0.2) is 0 Å². The van der Waals surface area contributed by atoms with Crippen molar-refractivity contribution in [1.29, 1.82) is 0 Å². The van der Waals surface area contributed by atoms with Crippen molar-refractivity contribution in [3.63, 3.8) is 0 Å². The summed E-state index contributed by atoms with van der Waals surface area (Å²) in [5, 5.41) is 0. The minimum Gasteiger partial charge on any atom is -0.344 e. The quantitative estimate of drug-likeness (QED) is 0.753. The molecule has 1 unspecified atom stereocenters. The van der Waals surface area contributed by atoms with Gasteiger partial charge in [0.2, 0.25) is 0 Å². The molecule has 3 N–H and O–H groups in total. The van der Waals surface area contributed by atoms with Crippen LogP contribution in [-0.2, 0) is 6.42 Å². The third kappa shape index (κ3) is 4.09. The molecule has 0 aliphatic carbocycles. The smallest absolute Gasteiger partial charge is 0.0253 e. The lowest BCUT2D eigenvalue weighted by Crippen LogP contribution is -1.97. The van der Waals surface area contributed by atoms with Crippen LogP contribution in [0.25, 0.3) is 0 Å². The minimum atomic E-state index is 0. The van der Waals surface area contributed by atoms with Crippen molar-refractivity contribution in [3.05, 3.63) is 35.4 Å². The molecule has 74 valence electrons. The van der Waals surface area contributed by atoms with E-state index >= 15 is 0 Å². The highest BCUT2D eigenvalue weighted by molar-refractivity contribution is 5.21. The minimum absolute atomic E-state index is 0. The Kier molecular flexibility index (Phi) is 5.40. The SMILES string of the molecule is CCC(C)Cc1ccc(C)cc1.N. The zero-order valence-corrected chi connectivity index (χ0v) is 9.01. The Labute approximate surface area is 81.8 Å². The van der Waals surface area contributed by atoms with Crippen molar-refractivity contribution in [2.75, 3.05) is 0 Å². The predicted octanol–water partition coefficient (Wildman–Crippen LogP) is 3.75. The summed E-state index contributed by atoms with van der Waals surface area (Å²) in [5.74, 6) is 0.813. The molecule has 0 saturated heterocycles. The fraction of sp³-hybridized carbons (Fsp3) is 0.500. The molecular formula is C12H21N. The zero-order valence-electron chi connectivity index (χ0n) is 9.01. The Morgan fingerprint density at radius 1 is 1.15 bits per heavy atom. The van der Waals surface area contributed by atoms with Crippen LogP contribution in [0.1, 0.15) is 31.4 Å². The Morgan fingerprint density at radius 2 is 1.69 bits per heavy atom. The third-order valence-electron chi connectivity index (χ3n) is 2.40. The average molecular weight is 179 g/mol. The van der Waals surface area contributed by atoms with Gasteiger partial charge in [0.25, 0.3) is 0 Å². The van der Waals surface area contributed by atoms with Crippen LogP contribution in [0.2, 0.25) is 0 Å². The molecule has 1 nitrogen and oxygen atoms in total. The summed E-state index contributed by atoms with van der Waals surface area (Å²) in [5.41, 5.74) is 2.82. The molecule has 0 radical (unpaired) electrons. The number of hydrogen-bond donors (Lipinski definition) is 1. The molecule has 0 fully saturated rings.